The van der Waals surface area contributed by atoms with Gasteiger partial charge in [0.2, 0.25) is 0 Å². The first-order valence-corrected chi connectivity index (χ1v) is 5.86. The second-order valence-electron chi connectivity index (χ2n) is 4.36. The highest BCUT2D eigenvalue weighted by atomic mass is 16.5. The molecule has 0 aliphatic heterocycles. The molecule has 94 valence electrons. The Morgan fingerprint density at radius 1 is 1.29 bits per heavy atom. The van der Waals surface area contributed by atoms with Gasteiger partial charge in [-0.25, -0.2) is 4.79 Å². The minimum atomic E-state index is -0.897. The highest BCUT2D eigenvalue weighted by molar-refractivity contribution is 5.73. The van der Waals surface area contributed by atoms with Crippen LogP contribution in [0.2, 0.25) is 0 Å². The van der Waals surface area contributed by atoms with E-state index in [4.69, 9.17) is 9.84 Å². The Kier molecular flexibility index (Phi) is 4.70. The molecule has 0 fully saturated rings. The molecule has 1 aromatic carbocycles. The lowest BCUT2D eigenvalue weighted by molar-refractivity contribution is -0.149. The van der Waals surface area contributed by atoms with E-state index in [0.717, 1.165) is 16.7 Å². The van der Waals surface area contributed by atoms with Crippen molar-refractivity contribution in [2.45, 2.75) is 40.2 Å². The molecule has 17 heavy (non-hydrogen) atoms. The summed E-state index contributed by atoms with van der Waals surface area (Å²) in [7, 11) is 0. The first-order chi connectivity index (χ1) is 7.95. The molecule has 0 aliphatic rings. The van der Waals surface area contributed by atoms with Gasteiger partial charge in [0.15, 0.2) is 6.10 Å². The van der Waals surface area contributed by atoms with Crippen molar-refractivity contribution in [2.24, 2.45) is 0 Å². The number of carbonyl (C=O) groups is 1. The molecular formula is C14H20O3. The number of carboxylic acid groups (broad SMARTS) is 1. The van der Waals surface area contributed by atoms with Gasteiger partial charge in [0.1, 0.15) is 0 Å². The van der Waals surface area contributed by atoms with E-state index in [-0.39, 0.29) is 0 Å². The quantitative estimate of drug-likeness (QED) is 0.855. The van der Waals surface area contributed by atoms with Crippen LogP contribution in [-0.4, -0.2) is 23.8 Å². The molecule has 1 aromatic rings. The van der Waals surface area contributed by atoms with Crippen molar-refractivity contribution >= 4 is 5.97 Å². The molecule has 0 heterocycles. The summed E-state index contributed by atoms with van der Waals surface area (Å²) in [5, 5.41) is 9.08. The van der Waals surface area contributed by atoms with Gasteiger partial charge in [-0.05, 0) is 44.4 Å². The van der Waals surface area contributed by atoms with Crippen molar-refractivity contribution in [3.8, 4) is 0 Å². The molecular weight excluding hydrogens is 216 g/mol. The molecule has 1 atom stereocenters. The lowest BCUT2D eigenvalue weighted by Crippen LogP contribution is -2.27. The van der Waals surface area contributed by atoms with Gasteiger partial charge in [0.05, 0.1) is 0 Å². The summed E-state index contributed by atoms with van der Waals surface area (Å²) in [4.78, 5) is 11.1. The van der Waals surface area contributed by atoms with Gasteiger partial charge in [-0.3, -0.25) is 0 Å². The standard InChI is InChI=1S/C14H20O3/c1-5-17-13(14(15)16)8-12-10(3)6-9(2)7-11(12)4/h6-7,13H,5,8H2,1-4H3,(H,15,16)/t13-/m0/s1. The van der Waals surface area contributed by atoms with E-state index in [1.165, 1.54) is 5.56 Å². The van der Waals surface area contributed by atoms with E-state index in [0.29, 0.717) is 13.0 Å². The number of hydrogen-bond acceptors (Lipinski definition) is 2. The van der Waals surface area contributed by atoms with Crippen LogP contribution in [-0.2, 0) is 16.0 Å². The number of rotatable bonds is 5. The maximum atomic E-state index is 11.1. The van der Waals surface area contributed by atoms with Gasteiger partial charge in [-0.2, -0.15) is 0 Å². The minimum absolute atomic E-state index is 0.418. The van der Waals surface area contributed by atoms with Gasteiger partial charge < -0.3 is 9.84 Å². The molecule has 3 nitrogen and oxygen atoms in total. The highest BCUT2D eigenvalue weighted by Gasteiger charge is 2.19. The SMILES string of the molecule is CCO[C@@H](Cc1c(C)cc(C)cc1C)C(=O)O. The lowest BCUT2D eigenvalue weighted by atomic mass is 9.95. The molecule has 1 rings (SSSR count). The molecule has 0 aromatic heterocycles. The van der Waals surface area contributed by atoms with Crippen LogP contribution in [0, 0.1) is 20.8 Å². The van der Waals surface area contributed by atoms with Crippen LogP contribution in [0.15, 0.2) is 12.1 Å². The highest BCUT2D eigenvalue weighted by Crippen LogP contribution is 2.19. The smallest absolute Gasteiger partial charge is 0.333 e. The Bertz CT molecular complexity index is 387. The second-order valence-corrected chi connectivity index (χ2v) is 4.36. The largest absolute Gasteiger partial charge is 0.479 e. The summed E-state index contributed by atoms with van der Waals surface area (Å²) in [5.41, 5.74) is 4.55. The first kappa shape index (κ1) is 13.7. The third-order valence-electron chi connectivity index (χ3n) is 2.87. The summed E-state index contributed by atoms with van der Waals surface area (Å²) in [6.07, 6.45) is -0.318. The predicted molar refractivity (Wildman–Crippen MR) is 67.4 cm³/mol. The van der Waals surface area contributed by atoms with Crippen LogP contribution in [0.1, 0.15) is 29.2 Å². The van der Waals surface area contributed by atoms with Gasteiger partial charge in [-0.1, -0.05) is 17.7 Å². The average Bonchev–Trinajstić information content (AvgIpc) is 2.21. The van der Waals surface area contributed by atoms with Crippen LogP contribution in [0.3, 0.4) is 0 Å². The fraction of sp³-hybridized carbons (Fsp3) is 0.500. The summed E-state index contributed by atoms with van der Waals surface area (Å²) >= 11 is 0. The molecule has 0 bridgehead atoms. The van der Waals surface area contributed by atoms with Crippen LogP contribution < -0.4 is 0 Å². The Labute approximate surface area is 102 Å². The maximum Gasteiger partial charge on any atom is 0.333 e. The molecule has 0 unspecified atom stereocenters. The Morgan fingerprint density at radius 2 is 1.82 bits per heavy atom. The van der Waals surface area contributed by atoms with Gasteiger partial charge in [0, 0.05) is 13.0 Å². The molecule has 0 amide bonds. The van der Waals surface area contributed by atoms with Crippen molar-refractivity contribution in [2.75, 3.05) is 6.61 Å². The summed E-state index contributed by atoms with van der Waals surface area (Å²) in [6.45, 7) is 8.30. The Balaban J connectivity index is 2.97. The predicted octanol–water partition coefficient (Wildman–Crippen LogP) is 2.64. The fourth-order valence-corrected chi connectivity index (χ4v) is 2.14. The zero-order chi connectivity index (χ0) is 13.0. The van der Waals surface area contributed by atoms with E-state index < -0.39 is 12.1 Å². The van der Waals surface area contributed by atoms with Crippen molar-refractivity contribution in [3.05, 3.63) is 34.4 Å². The van der Waals surface area contributed by atoms with E-state index in [9.17, 15) is 4.79 Å². The fourth-order valence-electron chi connectivity index (χ4n) is 2.14. The summed E-state index contributed by atoms with van der Waals surface area (Å²) in [5.74, 6) is -0.897. The topological polar surface area (TPSA) is 46.5 Å². The lowest BCUT2D eigenvalue weighted by Gasteiger charge is -2.16. The molecule has 0 aliphatic carbocycles. The number of aryl methyl sites for hydroxylation is 3. The number of hydrogen-bond donors (Lipinski definition) is 1. The molecule has 0 radical (unpaired) electrons. The first-order valence-electron chi connectivity index (χ1n) is 5.86. The normalized spacial score (nSPS) is 12.5. The third-order valence-corrected chi connectivity index (χ3v) is 2.87. The van der Waals surface area contributed by atoms with Crippen molar-refractivity contribution in [1.29, 1.82) is 0 Å². The zero-order valence-corrected chi connectivity index (χ0v) is 10.9. The number of aliphatic carboxylic acids is 1. The van der Waals surface area contributed by atoms with Gasteiger partial charge in [-0.15, -0.1) is 0 Å². The van der Waals surface area contributed by atoms with Crippen LogP contribution in [0.5, 0.6) is 0 Å². The second kappa shape index (κ2) is 5.82. The zero-order valence-electron chi connectivity index (χ0n) is 10.9. The van der Waals surface area contributed by atoms with Gasteiger partial charge >= 0.3 is 5.97 Å². The van der Waals surface area contributed by atoms with E-state index >= 15 is 0 Å². The maximum absolute atomic E-state index is 11.1. The van der Waals surface area contributed by atoms with E-state index in [1.807, 2.05) is 27.7 Å². The molecule has 1 N–H and O–H groups in total. The monoisotopic (exact) mass is 236 g/mol. The van der Waals surface area contributed by atoms with Crippen molar-refractivity contribution in [3.63, 3.8) is 0 Å². The van der Waals surface area contributed by atoms with Crippen molar-refractivity contribution < 1.29 is 14.6 Å². The van der Waals surface area contributed by atoms with E-state index in [2.05, 4.69) is 12.1 Å². The van der Waals surface area contributed by atoms with Crippen LogP contribution in [0.25, 0.3) is 0 Å². The molecule has 3 heteroatoms. The van der Waals surface area contributed by atoms with E-state index in [1.54, 1.807) is 0 Å². The molecule has 0 spiro atoms. The number of carboxylic acids is 1. The minimum Gasteiger partial charge on any atom is -0.479 e. The Hall–Kier alpha value is -1.35. The summed E-state index contributed by atoms with van der Waals surface area (Å²) < 4.78 is 5.25. The van der Waals surface area contributed by atoms with Crippen LogP contribution >= 0.6 is 0 Å². The third kappa shape index (κ3) is 3.56. The number of ether oxygens (including phenoxy) is 1. The Morgan fingerprint density at radius 3 is 2.24 bits per heavy atom. The van der Waals surface area contributed by atoms with Crippen LogP contribution in [0.4, 0.5) is 0 Å². The number of benzene rings is 1. The van der Waals surface area contributed by atoms with Crippen molar-refractivity contribution in [1.82, 2.24) is 0 Å². The van der Waals surface area contributed by atoms with Gasteiger partial charge in [0.25, 0.3) is 0 Å². The molecule has 0 saturated heterocycles. The summed E-state index contributed by atoms with van der Waals surface area (Å²) in [6, 6.07) is 4.15. The average molecular weight is 236 g/mol. The molecule has 0 saturated carbocycles.